The van der Waals surface area contributed by atoms with Crippen LogP contribution in [0.4, 0.5) is 0 Å². The van der Waals surface area contributed by atoms with Crippen molar-refractivity contribution in [2.24, 2.45) is 0 Å². The standard InChI is InChI=1S/C26H35BrN2O4/c1-17(2)20-11-12-23(22(27)14-20)33-16-24(30)29(18(3)25(31)28-26(4,5)6)15-19-9-8-10-21(13-19)32-7/h8-14,17-18H,15-16H2,1-7H3,(H,28,31). The summed E-state index contributed by atoms with van der Waals surface area (Å²) < 4.78 is 11.9. The van der Waals surface area contributed by atoms with E-state index in [0.717, 1.165) is 10.0 Å². The van der Waals surface area contributed by atoms with Gasteiger partial charge in [0.2, 0.25) is 5.91 Å². The molecule has 0 aliphatic carbocycles. The SMILES string of the molecule is COc1cccc(CN(C(=O)COc2ccc(C(C)C)cc2Br)C(C)C(=O)NC(C)(C)C)c1. The number of nitrogens with zero attached hydrogens (tertiary/aromatic N) is 1. The minimum Gasteiger partial charge on any atom is -0.497 e. The number of benzene rings is 2. The third-order valence-corrected chi connectivity index (χ3v) is 5.75. The molecule has 0 heterocycles. The molecule has 0 radical (unpaired) electrons. The Kier molecular flexibility index (Phi) is 9.35. The van der Waals surface area contributed by atoms with Gasteiger partial charge in [-0.05, 0) is 84.9 Å². The Morgan fingerprint density at radius 1 is 1.09 bits per heavy atom. The van der Waals surface area contributed by atoms with Crippen LogP contribution in [0.3, 0.4) is 0 Å². The summed E-state index contributed by atoms with van der Waals surface area (Å²) in [5, 5.41) is 2.96. The van der Waals surface area contributed by atoms with Crippen molar-refractivity contribution in [2.75, 3.05) is 13.7 Å². The molecule has 6 nitrogen and oxygen atoms in total. The van der Waals surface area contributed by atoms with E-state index in [-0.39, 0.29) is 25.0 Å². The highest BCUT2D eigenvalue weighted by Gasteiger charge is 2.29. The van der Waals surface area contributed by atoms with Crippen LogP contribution in [0.2, 0.25) is 0 Å². The fraction of sp³-hybridized carbons (Fsp3) is 0.462. The van der Waals surface area contributed by atoms with E-state index in [9.17, 15) is 9.59 Å². The second kappa shape index (κ2) is 11.5. The molecule has 1 N–H and O–H groups in total. The molecule has 0 spiro atoms. The van der Waals surface area contributed by atoms with Crippen molar-refractivity contribution in [3.63, 3.8) is 0 Å². The van der Waals surface area contributed by atoms with Gasteiger partial charge in [-0.2, -0.15) is 0 Å². The molecule has 0 saturated heterocycles. The monoisotopic (exact) mass is 518 g/mol. The van der Waals surface area contributed by atoms with Gasteiger partial charge in [-0.3, -0.25) is 9.59 Å². The van der Waals surface area contributed by atoms with Crippen LogP contribution in [-0.2, 0) is 16.1 Å². The Morgan fingerprint density at radius 2 is 1.79 bits per heavy atom. The summed E-state index contributed by atoms with van der Waals surface area (Å²) >= 11 is 3.53. The highest BCUT2D eigenvalue weighted by Crippen LogP contribution is 2.29. The van der Waals surface area contributed by atoms with E-state index < -0.39 is 11.6 Å². The summed E-state index contributed by atoms with van der Waals surface area (Å²) in [6.07, 6.45) is 0. The number of carbonyl (C=O) groups is 2. The summed E-state index contributed by atoms with van der Waals surface area (Å²) in [6.45, 7) is 11.8. The maximum absolute atomic E-state index is 13.2. The number of hydrogen-bond acceptors (Lipinski definition) is 4. The average molecular weight is 519 g/mol. The molecule has 1 atom stereocenters. The van der Waals surface area contributed by atoms with Crippen LogP contribution >= 0.6 is 15.9 Å². The Bertz CT molecular complexity index is 969. The van der Waals surface area contributed by atoms with Gasteiger partial charge in [0, 0.05) is 12.1 Å². The average Bonchev–Trinajstić information content (AvgIpc) is 2.74. The number of amides is 2. The molecule has 0 bridgehead atoms. The van der Waals surface area contributed by atoms with E-state index in [1.54, 1.807) is 14.0 Å². The molecule has 2 rings (SSSR count). The van der Waals surface area contributed by atoms with Crippen LogP contribution < -0.4 is 14.8 Å². The molecule has 0 aliphatic rings. The zero-order chi connectivity index (χ0) is 24.8. The summed E-state index contributed by atoms with van der Waals surface area (Å²) in [6, 6.07) is 12.6. The van der Waals surface area contributed by atoms with Gasteiger partial charge in [-0.1, -0.05) is 32.0 Å². The molecule has 1 unspecified atom stereocenters. The van der Waals surface area contributed by atoms with Gasteiger partial charge < -0.3 is 19.7 Å². The molecule has 2 aromatic carbocycles. The smallest absolute Gasteiger partial charge is 0.261 e. The Balaban J connectivity index is 2.22. The first-order valence-corrected chi connectivity index (χ1v) is 11.9. The first kappa shape index (κ1) is 26.7. The highest BCUT2D eigenvalue weighted by atomic mass is 79.9. The third kappa shape index (κ3) is 8.07. The maximum atomic E-state index is 13.2. The normalized spacial score (nSPS) is 12.3. The number of methoxy groups -OCH3 is 1. The molecule has 0 fully saturated rings. The van der Waals surface area contributed by atoms with Crippen LogP contribution in [0.1, 0.15) is 58.6 Å². The fourth-order valence-corrected chi connectivity index (χ4v) is 3.75. The lowest BCUT2D eigenvalue weighted by molar-refractivity contribution is -0.142. The maximum Gasteiger partial charge on any atom is 0.261 e. The number of hydrogen-bond donors (Lipinski definition) is 1. The predicted octanol–water partition coefficient (Wildman–Crippen LogP) is 5.29. The molecule has 180 valence electrons. The molecule has 2 amide bonds. The molecule has 7 heteroatoms. The van der Waals surface area contributed by atoms with Gasteiger partial charge in [0.15, 0.2) is 6.61 Å². The van der Waals surface area contributed by atoms with Crippen LogP contribution in [0.15, 0.2) is 46.9 Å². The zero-order valence-electron chi connectivity index (χ0n) is 20.6. The van der Waals surface area contributed by atoms with Crippen LogP contribution in [-0.4, -0.2) is 42.0 Å². The lowest BCUT2D eigenvalue weighted by atomic mass is 10.0. The lowest BCUT2D eigenvalue weighted by Gasteiger charge is -2.31. The predicted molar refractivity (Wildman–Crippen MR) is 135 cm³/mol. The van der Waals surface area contributed by atoms with E-state index in [0.29, 0.717) is 17.4 Å². The van der Waals surface area contributed by atoms with Crippen LogP contribution in [0, 0.1) is 0 Å². The zero-order valence-corrected chi connectivity index (χ0v) is 22.2. The summed E-state index contributed by atoms with van der Waals surface area (Å²) in [7, 11) is 1.59. The van der Waals surface area contributed by atoms with Gasteiger partial charge in [0.25, 0.3) is 5.91 Å². The number of rotatable bonds is 9. The van der Waals surface area contributed by atoms with E-state index in [1.807, 2.05) is 63.2 Å². The molecule has 0 aliphatic heterocycles. The molecule has 2 aromatic rings. The first-order valence-electron chi connectivity index (χ1n) is 11.1. The second-order valence-electron chi connectivity index (χ2n) is 9.42. The number of halogens is 1. The largest absolute Gasteiger partial charge is 0.497 e. The number of carbonyl (C=O) groups excluding carboxylic acids is 2. The third-order valence-electron chi connectivity index (χ3n) is 5.13. The van der Waals surface area contributed by atoms with Crippen molar-refractivity contribution < 1.29 is 19.1 Å². The topological polar surface area (TPSA) is 67.9 Å². The van der Waals surface area contributed by atoms with Gasteiger partial charge >= 0.3 is 0 Å². The Labute approximate surface area is 205 Å². The van der Waals surface area contributed by atoms with E-state index in [2.05, 4.69) is 35.1 Å². The van der Waals surface area contributed by atoms with Crippen molar-refractivity contribution >= 4 is 27.7 Å². The minimum absolute atomic E-state index is 0.184. The van der Waals surface area contributed by atoms with Crippen molar-refractivity contribution in [1.29, 1.82) is 0 Å². The second-order valence-corrected chi connectivity index (χ2v) is 10.3. The van der Waals surface area contributed by atoms with Crippen molar-refractivity contribution in [3.05, 3.63) is 58.1 Å². The summed E-state index contributed by atoms with van der Waals surface area (Å²) in [5.74, 6) is 1.16. The van der Waals surface area contributed by atoms with Gasteiger partial charge in [-0.25, -0.2) is 0 Å². The summed E-state index contributed by atoms with van der Waals surface area (Å²) in [5.41, 5.74) is 1.63. The summed E-state index contributed by atoms with van der Waals surface area (Å²) in [4.78, 5) is 27.7. The Morgan fingerprint density at radius 3 is 2.36 bits per heavy atom. The van der Waals surface area contributed by atoms with E-state index in [1.165, 1.54) is 10.5 Å². The van der Waals surface area contributed by atoms with Crippen molar-refractivity contribution in [2.45, 2.75) is 65.6 Å². The first-order chi connectivity index (χ1) is 15.4. The molecule has 33 heavy (non-hydrogen) atoms. The lowest BCUT2D eigenvalue weighted by Crippen LogP contribution is -2.53. The van der Waals surface area contributed by atoms with Crippen LogP contribution in [0.25, 0.3) is 0 Å². The Hall–Kier alpha value is -2.54. The van der Waals surface area contributed by atoms with Gasteiger partial charge in [-0.15, -0.1) is 0 Å². The number of nitrogens with one attached hydrogen (secondary N) is 1. The van der Waals surface area contributed by atoms with Crippen molar-refractivity contribution in [3.8, 4) is 11.5 Å². The minimum atomic E-state index is -0.682. The molecule has 0 aromatic heterocycles. The van der Waals surface area contributed by atoms with Gasteiger partial charge in [0.05, 0.1) is 11.6 Å². The van der Waals surface area contributed by atoms with E-state index in [4.69, 9.17) is 9.47 Å². The van der Waals surface area contributed by atoms with Gasteiger partial charge in [0.1, 0.15) is 17.5 Å². The number of ether oxygens (including phenoxy) is 2. The van der Waals surface area contributed by atoms with Crippen molar-refractivity contribution in [1.82, 2.24) is 10.2 Å². The van der Waals surface area contributed by atoms with Crippen LogP contribution in [0.5, 0.6) is 11.5 Å². The van der Waals surface area contributed by atoms with E-state index >= 15 is 0 Å². The molecular formula is C26H35BrN2O4. The molecular weight excluding hydrogens is 484 g/mol. The highest BCUT2D eigenvalue weighted by molar-refractivity contribution is 9.10. The quantitative estimate of drug-likeness (QED) is 0.489. The fourth-order valence-electron chi connectivity index (χ4n) is 3.24. The molecule has 0 saturated carbocycles.